The first-order chi connectivity index (χ1) is 19.8. The van der Waals surface area contributed by atoms with Gasteiger partial charge >= 0.3 is 11.9 Å². The summed E-state index contributed by atoms with van der Waals surface area (Å²) < 4.78 is 7.61. The first-order valence-corrected chi connectivity index (χ1v) is 14.7. The predicted octanol–water partition coefficient (Wildman–Crippen LogP) is 3.05. The minimum atomic E-state index is -1.19. The maximum Gasteiger partial charge on any atom is 0.356 e. The zero-order chi connectivity index (χ0) is 28.7. The average molecular weight is 589 g/mol. The van der Waals surface area contributed by atoms with Crippen LogP contribution in [-0.4, -0.2) is 70.4 Å². The van der Waals surface area contributed by atoms with Crippen molar-refractivity contribution in [2.24, 2.45) is 5.73 Å². The molecule has 4 aromatic rings. The smallest absolute Gasteiger partial charge is 0.356 e. The zero-order valence-corrected chi connectivity index (χ0v) is 23.3. The fourth-order valence-electron chi connectivity index (χ4n) is 4.74. The van der Waals surface area contributed by atoms with Gasteiger partial charge in [-0.1, -0.05) is 60.7 Å². The number of ether oxygens (including phenoxy) is 1. The highest BCUT2D eigenvalue weighted by molar-refractivity contribution is 8.01. The molecule has 1 fully saturated rings. The first kappa shape index (κ1) is 27.0. The Kier molecular flexibility index (Phi) is 7.24. The number of rotatable bonds is 8. The van der Waals surface area contributed by atoms with Gasteiger partial charge in [-0.15, -0.1) is 28.6 Å². The van der Waals surface area contributed by atoms with E-state index in [1.807, 2.05) is 60.7 Å². The molecule has 1 unspecified atom stereocenters. The molecule has 4 heterocycles. The number of carboxylic acids is 1. The molecule has 2 aliphatic rings. The van der Waals surface area contributed by atoms with E-state index in [9.17, 15) is 19.5 Å². The van der Waals surface area contributed by atoms with Crippen molar-refractivity contribution in [3.05, 3.63) is 101 Å². The molecule has 0 bridgehead atoms. The maximum atomic E-state index is 13.9. The molecule has 0 radical (unpaired) electrons. The molecule has 0 spiro atoms. The van der Waals surface area contributed by atoms with E-state index in [0.717, 1.165) is 11.1 Å². The van der Waals surface area contributed by atoms with Gasteiger partial charge in [0.1, 0.15) is 28.0 Å². The standard InChI is InChI=1S/C28H24N6O5S2/c1-15-30-28-31-19(26(36)37)12-20(34(28)32-15)40-13-18-14-41-25-21(29)24(35)33(25)22(18)27(38)39-23(16-8-4-2-5-9-16)17-10-6-3-7-11-17/h2-12,21,23,25H,13-14,29H2,1H3,(H,36,37)/t21?,25-/m0/s1. The van der Waals surface area contributed by atoms with Gasteiger partial charge < -0.3 is 15.6 Å². The number of thioether (sulfide) groups is 2. The first-order valence-electron chi connectivity index (χ1n) is 12.7. The lowest BCUT2D eigenvalue weighted by atomic mass is 10.0. The summed E-state index contributed by atoms with van der Waals surface area (Å²) in [7, 11) is 0. The number of nitrogens with zero attached hydrogens (tertiary/aromatic N) is 5. The lowest BCUT2D eigenvalue weighted by molar-refractivity contribution is -0.153. The number of carbonyl (C=O) groups is 3. The molecular weight excluding hydrogens is 564 g/mol. The Labute approximate surface area is 242 Å². The van der Waals surface area contributed by atoms with E-state index in [2.05, 4.69) is 15.1 Å². The summed E-state index contributed by atoms with van der Waals surface area (Å²) >= 11 is 2.75. The van der Waals surface area contributed by atoms with Crippen LogP contribution in [0.3, 0.4) is 0 Å². The summed E-state index contributed by atoms with van der Waals surface area (Å²) in [6.07, 6.45) is -0.694. The van der Waals surface area contributed by atoms with Crippen molar-refractivity contribution in [2.45, 2.75) is 29.5 Å². The zero-order valence-electron chi connectivity index (χ0n) is 21.7. The third-order valence-corrected chi connectivity index (χ3v) is 9.15. The lowest BCUT2D eigenvalue weighted by Gasteiger charge is -2.48. The summed E-state index contributed by atoms with van der Waals surface area (Å²) in [6.45, 7) is 1.69. The number of carboxylic acid groups (broad SMARTS) is 1. The molecule has 2 aromatic heterocycles. The molecule has 0 aliphatic carbocycles. The van der Waals surface area contributed by atoms with Gasteiger partial charge in [0.2, 0.25) is 5.91 Å². The van der Waals surface area contributed by atoms with Gasteiger partial charge in [-0.25, -0.2) is 14.6 Å². The summed E-state index contributed by atoms with van der Waals surface area (Å²) in [6, 6.07) is 19.5. The van der Waals surface area contributed by atoms with Crippen LogP contribution in [0.4, 0.5) is 0 Å². The molecule has 2 aliphatic heterocycles. The number of aromatic nitrogens is 4. The van der Waals surface area contributed by atoms with Gasteiger partial charge in [0.15, 0.2) is 11.8 Å². The van der Waals surface area contributed by atoms with Crippen LogP contribution < -0.4 is 5.73 Å². The Morgan fingerprint density at radius 1 is 1.12 bits per heavy atom. The number of hydrogen-bond acceptors (Lipinski definition) is 10. The Balaban J connectivity index is 1.36. The normalized spacial score (nSPS) is 18.4. The second kappa shape index (κ2) is 11.0. The summed E-state index contributed by atoms with van der Waals surface area (Å²) in [4.78, 5) is 48.2. The van der Waals surface area contributed by atoms with Crippen LogP contribution in [0, 0.1) is 6.92 Å². The van der Waals surface area contributed by atoms with Gasteiger partial charge in [-0.2, -0.15) is 9.50 Å². The Morgan fingerprint density at radius 2 is 1.78 bits per heavy atom. The third kappa shape index (κ3) is 5.07. The molecule has 208 valence electrons. The van der Waals surface area contributed by atoms with Crippen molar-refractivity contribution >= 4 is 47.1 Å². The van der Waals surface area contributed by atoms with Crippen molar-refractivity contribution in [1.29, 1.82) is 0 Å². The van der Waals surface area contributed by atoms with E-state index in [-0.39, 0.29) is 34.2 Å². The minimum absolute atomic E-state index is 0.161. The van der Waals surface area contributed by atoms with Crippen LogP contribution in [0.15, 0.2) is 83.0 Å². The number of aryl methyl sites for hydroxylation is 1. The average Bonchev–Trinajstić information content (AvgIpc) is 3.38. The van der Waals surface area contributed by atoms with E-state index in [4.69, 9.17) is 10.5 Å². The number of amides is 1. The predicted molar refractivity (Wildman–Crippen MR) is 152 cm³/mol. The van der Waals surface area contributed by atoms with Gasteiger partial charge in [-0.3, -0.25) is 9.69 Å². The fraction of sp³-hybridized carbons (Fsp3) is 0.214. The largest absolute Gasteiger partial charge is 0.477 e. The number of β-lactam (4-membered cyclic amide) rings is 1. The van der Waals surface area contributed by atoms with E-state index < -0.39 is 24.1 Å². The van der Waals surface area contributed by atoms with Crippen molar-refractivity contribution in [2.75, 3.05) is 11.5 Å². The summed E-state index contributed by atoms with van der Waals surface area (Å²) in [5, 5.41) is 14.0. The monoisotopic (exact) mass is 588 g/mol. The summed E-state index contributed by atoms with van der Waals surface area (Å²) in [5.74, 6) is -0.865. The van der Waals surface area contributed by atoms with Crippen molar-refractivity contribution in [3.8, 4) is 0 Å². The number of benzene rings is 2. The van der Waals surface area contributed by atoms with Crippen LogP contribution in [0.2, 0.25) is 0 Å². The highest BCUT2D eigenvalue weighted by atomic mass is 32.2. The highest BCUT2D eigenvalue weighted by Gasteiger charge is 2.52. The molecule has 2 aromatic carbocycles. The van der Waals surface area contributed by atoms with Gasteiger partial charge in [0.25, 0.3) is 5.78 Å². The Morgan fingerprint density at radius 3 is 2.41 bits per heavy atom. The molecular formula is C28H24N6O5S2. The maximum absolute atomic E-state index is 13.9. The van der Waals surface area contributed by atoms with Crippen LogP contribution in [0.25, 0.3) is 5.78 Å². The van der Waals surface area contributed by atoms with Gasteiger partial charge in [0.05, 0.1) is 0 Å². The molecule has 3 N–H and O–H groups in total. The van der Waals surface area contributed by atoms with E-state index >= 15 is 0 Å². The van der Waals surface area contributed by atoms with E-state index in [0.29, 0.717) is 22.2 Å². The fourth-order valence-corrected chi connectivity index (χ4v) is 7.16. The second-order valence-corrected chi connectivity index (χ2v) is 11.5. The molecule has 1 saturated heterocycles. The Bertz CT molecular complexity index is 1650. The molecule has 1 amide bonds. The SMILES string of the molecule is Cc1nc2nc(C(=O)O)cc(SCC3=C(C(=O)OC(c4ccccc4)c4ccccc4)N4C(=O)C(N)[C@@H]4SC3)n2n1. The topological polar surface area (TPSA) is 153 Å². The van der Waals surface area contributed by atoms with Gasteiger partial charge in [-0.05, 0) is 23.6 Å². The number of hydrogen-bond donors (Lipinski definition) is 2. The number of nitrogens with two attached hydrogens (primary N) is 1. The molecule has 41 heavy (non-hydrogen) atoms. The van der Waals surface area contributed by atoms with Crippen LogP contribution in [0.1, 0.15) is 33.5 Å². The second-order valence-electron chi connectivity index (χ2n) is 9.44. The summed E-state index contributed by atoms with van der Waals surface area (Å²) in [5.41, 5.74) is 8.32. The third-order valence-electron chi connectivity index (χ3n) is 6.71. The molecule has 0 saturated carbocycles. The van der Waals surface area contributed by atoms with Crippen LogP contribution >= 0.6 is 23.5 Å². The minimum Gasteiger partial charge on any atom is -0.477 e. The van der Waals surface area contributed by atoms with Crippen LogP contribution in [-0.2, 0) is 14.3 Å². The molecule has 6 rings (SSSR count). The molecule has 2 atom stereocenters. The number of esters is 1. The number of fused-ring (bicyclic) bond motifs is 2. The van der Waals surface area contributed by atoms with Crippen LogP contribution in [0.5, 0.6) is 0 Å². The number of aromatic carboxylic acids is 1. The van der Waals surface area contributed by atoms with E-state index in [1.54, 1.807) is 6.92 Å². The van der Waals surface area contributed by atoms with Crippen molar-refractivity contribution in [1.82, 2.24) is 24.5 Å². The Hall–Kier alpha value is -4.20. The molecule has 11 nitrogen and oxygen atoms in total. The lowest BCUT2D eigenvalue weighted by Crippen LogP contribution is -2.68. The quantitative estimate of drug-likeness (QED) is 0.135. The van der Waals surface area contributed by atoms with Crippen molar-refractivity contribution < 1.29 is 24.2 Å². The highest BCUT2D eigenvalue weighted by Crippen LogP contribution is 2.42. The van der Waals surface area contributed by atoms with Crippen molar-refractivity contribution in [3.63, 3.8) is 0 Å². The molecule has 13 heteroatoms. The van der Waals surface area contributed by atoms with E-state index in [1.165, 1.54) is 39.0 Å². The van der Waals surface area contributed by atoms with Gasteiger partial charge in [0, 0.05) is 17.6 Å². The number of carbonyl (C=O) groups excluding carboxylic acids is 2.